The largest absolute Gasteiger partial charge is 0.493 e. The Bertz CT molecular complexity index is 570. The van der Waals surface area contributed by atoms with Crippen molar-refractivity contribution in [2.75, 3.05) is 33.9 Å². The maximum absolute atomic E-state index is 12.2. The van der Waals surface area contributed by atoms with Gasteiger partial charge in [-0.05, 0) is 37.9 Å². The Morgan fingerprint density at radius 3 is 2.92 bits per heavy atom. The molecule has 0 spiro atoms. The summed E-state index contributed by atoms with van der Waals surface area (Å²) in [5, 5.41) is 3.07. The molecule has 0 radical (unpaired) electrons. The van der Waals surface area contributed by atoms with Gasteiger partial charge in [-0.2, -0.15) is 0 Å². The summed E-state index contributed by atoms with van der Waals surface area (Å²) >= 11 is 0. The van der Waals surface area contributed by atoms with Crippen molar-refractivity contribution in [1.82, 2.24) is 10.2 Å². The molecule has 5 nitrogen and oxygen atoms in total. The van der Waals surface area contributed by atoms with Crippen LogP contribution in [0.15, 0.2) is 18.2 Å². The van der Waals surface area contributed by atoms with E-state index in [4.69, 9.17) is 9.47 Å². The molecule has 1 aliphatic carbocycles. The molecule has 1 saturated carbocycles. The number of likely N-dealkylation sites (N-methyl/N-ethyl adjacent to an activating group) is 1. The molecule has 1 aromatic rings. The smallest absolute Gasteiger partial charge is 0.234 e. The SMILES string of the molecule is COc1cccc2c1OC[C@@H](CNC(=O)CN(C)C1CCCC1)C2. The van der Waals surface area contributed by atoms with Gasteiger partial charge in [0, 0.05) is 18.5 Å². The van der Waals surface area contributed by atoms with Gasteiger partial charge in [0.1, 0.15) is 0 Å². The minimum atomic E-state index is 0.112. The van der Waals surface area contributed by atoms with Gasteiger partial charge in [0.2, 0.25) is 5.91 Å². The number of fused-ring (bicyclic) bond motifs is 1. The molecular formula is C19H28N2O3. The summed E-state index contributed by atoms with van der Waals surface area (Å²) in [6, 6.07) is 6.55. The zero-order chi connectivity index (χ0) is 16.9. The number of nitrogens with one attached hydrogen (secondary N) is 1. The van der Waals surface area contributed by atoms with Gasteiger partial charge in [-0.25, -0.2) is 0 Å². The molecule has 0 aromatic heterocycles. The number of amides is 1. The number of carbonyl (C=O) groups excluding carboxylic acids is 1. The molecule has 1 aromatic carbocycles. The fourth-order valence-corrected chi connectivity index (χ4v) is 3.76. The fourth-order valence-electron chi connectivity index (χ4n) is 3.76. The zero-order valence-corrected chi connectivity index (χ0v) is 14.7. The van der Waals surface area contributed by atoms with E-state index in [2.05, 4.69) is 23.3 Å². The van der Waals surface area contributed by atoms with E-state index in [1.807, 2.05) is 12.1 Å². The van der Waals surface area contributed by atoms with Gasteiger partial charge >= 0.3 is 0 Å². The molecular weight excluding hydrogens is 304 g/mol. The van der Waals surface area contributed by atoms with Crippen LogP contribution in [0.4, 0.5) is 0 Å². The second kappa shape index (κ2) is 7.88. The van der Waals surface area contributed by atoms with Gasteiger partial charge in [-0.1, -0.05) is 25.0 Å². The Labute approximate surface area is 144 Å². The van der Waals surface area contributed by atoms with Crippen molar-refractivity contribution in [1.29, 1.82) is 0 Å². The molecule has 1 N–H and O–H groups in total. The van der Waals surface area contributed by atoms with Crippen LogP contribution in [-0.2, 0) is 11.2 Å². The summed E-state index contributed by atoms with van der Waals surface area (Å²) in [6.45, 7) is 1.77. The molecule has 0 unspecified atom stereocenters. The first-order chi connectivity index (χ1) is 11.7. The van der Waals surface area contributed by atoms with Crippen molar-refractivity contribution in [2.45, 2.75) is 38.1 Å². The van der Waals surface area contributed by atoms with E-state index in [9.17, 15) is 4.79 Å². The normalized spacial score (nSPS) is 20.5. The van der Waals surface area contributed by atoms with Crippen molar-refractivity contribution >= 4 is 5.91 Å². The summed E-state index contributed by atoms with van der Waals surface area (Å²) in [6.07, 6.45) is 5.93. The molecule has 1 atom stereocenters. The Morgan fingerprint density at radius 2 is 2.17 bits per heavy atom. The maximum atomic E-state index is 12.2. The van der Waals surface area contributed by atoms with Crippen LogP contribution >= 0.6 is 0 Å². The minimum Gasteiger partial charge on any atom is -0.493 e. The lowest BCUT2D eigenvalue weighted by molar-refractivity contribution is -0.122. The molecule has 3 rings (SSSR count). The van der Waals surface area contributed by atoms with Crippen LogP contribution in [0.2, 0.25) is 0 Å². The average molecular weight is 332 g/mol. The molecule has 5 heteroatoms. The number of carbonyl (C=O) groups is 1. The van der Waals surface area contributed by atoms with Gasteiger partial charge in [-0.15, -0.1) is 0 Å². The van der Waals surface area contributed by atoms with E-state index >= 15 is 0 Å². The Balaban J connectivity index is 1.46. The molecule has 0 saturated heterocycles. The fraction of sp³-hybridized carbons (Fsp3) is 0.632. The van der Waals surface area contributed by atoms with Crippen LogP contribution in [0, 0.1) is 5.92 Å². The molecule has 132 valence electrons. The number of nitrogens with zero attached hydrogens (tertiary/aromatic N) is 1. The zero-order valence-electron chi connectivity index (χ0n) is 14.7. The highest BCUT2D eigenvalue weighted by Gasteiger charge is 2.24. The lowest BCUT2D eigenvalue weighted by atomic mass is 9.96. The standard InChI is InChI=1S/C19H28N2O3/c1-21(16-7-3-4-8-16)12-18(22)20-11-14-10-15-6-5-9-17(23-2)19(15)24-13-14/h5-6,9,14,16H,3-4,7-8,10-13H2,1-2H3,(H,20,22)/t14-/m1/s1. The number of ether oxygens (including phenoxy) is 2. The maximum Gasteiger partial charge on any atom is 0.234 e. The highest BCUT2D eigenvalue weighted by atomic mass is 16.5. The Hall–Kier alpha value is -1.75. The van der Waals surface area contributed by atoms with E-state index in [0.717, 1.165) is 23.5 Å². The monoisotopic (exact) mass is 332 g/mol. The summed E-state index contributed by atoms with van der Waals surface area (Å²) in [7, 11) is 3.72. The van der Waals surface area contributed by atoms with E-state index in [1.54, 1.807) is 7.11 Å². The van der Waals surface area contributed by atoms with Gasteiger partial charge in [0.05, 0.1) is 20.3 Å². The van der Waals surface area contributed by atoms with Crippen LogP contribution in [0.5, 0.6) is 11.5 Å². The first-order valence-corrected chi connectivity index (χ1v) is 8.93. The van der Waals surface area contributed by atoms with Crippen molar-refractivity contribution < 1.29 is 14.3 Å². The summed E-state index contributed by atoms with van der Waals surface area (Å²) in [5.74, 6) is 2.06. The van der Waals surface area contributed by atoms with Crippen LogP contribution < -0.4 is 14.8 Å². The first kappa shape index (κ1) is 17.1. The van der Waals surface area contributed by atoms with Gasteiger partial charge in [-0.3, -0.25) is 9.69 Å². The predicted molar refractivity (Wildman–Crippen MR) is 93.6 cm³/mol. The number of benzene rings is 1. The van der Waals surface area contributed by atoms with E-state index in [0.29, 0.717) is 31.7 Å². The van der Waals surface area contributed by atoms with E-state index in [1.165, 1.54) is 25.7 Å². The third-order valence-corrected chi connectivity index (χ3v) is 5.18. The van der Waals surface area contributed by atoms with Crippen molar-refractivity contribution in [3.63, 3.8) is 0 Å². The second-order valence-corrected chi connectivity index (χ2v) is 6.99. The molecule has 1 heterocycles. The molecule has 24 heavy (non-hydrogen) atoms. The molecule has 1 amide bonds. The summed E-state index contributed by atoms with van der Waals surface area (Å²) in [5.41, 5.74) is 1.16. The lowest BCUT2D eigenvalue weighted by Gasteiger charge is -2.27. The van der Waals surface area contributed by atoms with Crippen LogP contribution in [0.1, 0.15) is 31.2 Å². The summed E-state index contributed by atoms with van der Waals surface area (Å²) < 4.78 is 11.2. The summed E-state index contributed by atoms with van der Waals surface area (Å²) in [4.78, 5) is 14.4. The highest BCUT2D eigenvalue weighted by Crippen LogP contribution is 2.35. The lowest BCUT2D eigenvalue weighted by Crippen LogP contribution is -2.42. The van der Waals surface area contributed by atoms with Gasteiger partial charge in [0.15, 0.2) is 11.5 Å². The predicted octanol–water partition coefficient (Wildman–Crippen LogP) is 2.24. The van der Waals surface area contributed by atoms with Gasteiger partial charge < -0.3 is 14.8 Å². The van der Waals surface area contributed by atoms with E-state index < -0.39 is 0 Å². The first-order valence-electron chi connectivity index (χ1n) is 8.93. The Morgan fingerprint density at radius 1 is 1.38 bits per heavy atom. The van der Waals surface area contributed by atoms with Crippen molar-refractivity contribution in [2.24, 2.45) is 5.92 Å². The van der Waals surface area contributed by atoms with Gasteiger partial charge in [0.25, 0.3) is 0 Å². The third-order valence-electron chi connectivity index (χ3n) is 5.18. The molecule has 2 aliphatic rings. The quantitative estimate of drug-likeness (QED) is 0.868. The highest BCUT2D eigenvalue weighted by molar-refractivity contribution is 5.78. The Kier molecular flexibility index (Phi) is 5.61. The topological polar surface area (TPSA) is 50.8 Å². The van der Waals surface area contributed by atoms with Crippen molar-refractivity contribution in [3.8, 4) is 11.5 Å². The number of rotatable bonds is 6. The minimum absolute atomic E-state index is 0.112. The number of methoxy groups -OCH3 is 1. The number of para-hydroxylation sites is 1. The van der Waals surface area contributed by atoms with Crippen LogP contribution in [-0.4, -0.2) is 50.7 Å². The van der Waals surface area contributed by atoms with Crippen LogP contribution in [0.3, 0.4) is 0 Å². The van der Waals surface area contributed by atoms with E-state index in [-0.39, 0.29) is 5.91 Å². The third kappa shape index (κ3) is 4.01. The number of hydrogen-bond acceptors (Lipinski definition) is 4. The second-order valence-electron chi connectivity index (χ2n) is 6.99. The molecule has 1 aliphatic heterocycles. The molecule has 0 bridgehead atoms. The average Bonchev–Trinajstić information content (AvgIpc) is 3.14. The van der Waals surface area contributed by atoms with Crippen LogP contribution in [0.25, 0.3) is 0 Å². The molecule has 1 fully saturated rings. The number of hydrogen-bond donors (Lipinski definition) is 1. The van der Waals surface area contributed by atoms with Crippen molar-refractivity contribution in [3.05, 3.63) is 23.8 Å².